The molecule has 1 aromatic rings. The minimum Gasteiger partial charge on any atom is -0.493 e. The standard InChI is InChI=1S/C20H36N4O3S.HI/c1-6-14-27-19-15-17(4)10-11-18(19)16-23-20(21-7-2)22-12-9-13-24(8-3)28(5,25)26;/h10-11,15H,6-9,12-14,16H2,1-5H3,(H2,21,22,23);1H. The third-order valence-electron chi connectivity index (χ3n) is 4.13. The Kier molecular flexibility index (Phi) is 14.3. The molecule has 0 saturated carbocycles. The van der Waals surface area contributed by atoms with Crippen molar-refractivity contribution < 1.29 is 13.2 Å². The first-order valence-electron chi connectivity index (χ1n) is 10.0. The predicted molar refractivity (Wildman–Crippen MR) is 132 cm³/mol. The van der Waals surface area contributed by atoms with Gasteiger partial charge in [-0.3, -0.25) is 0 Å². The summed E-state index contributed by atoms with van der Waals surface area (Å²) in [6, 6.07) is 6.17. The van der Waals surface area contributed by atoms with E-state index in [9.17, 15) is 8.42 Å². The van der Waals surface area contributed by atoms with Crippen molar-refractivity contribution in [2.24, 2.45) is 4.99 Å². The molecule has 0 amide bonds. The molecular formula is C20H37IN4O3S. The molecule has 2 N–H and O–H groups in total. The number of sulfonamides is 1. The Morgan fingerprint density at radius 2 is 1.93 bits per heavy atom. The van der Waals surface area contributed by atoms with E-state index in [1.807, 2.05) is 26.8 Å². The van der Waals surface area contributed by atoms with E-state index in [2.05, 4.69) is 34.7 Å². The van der Waals surface area contributed by atoms with Gasteiger partial charge in [-0.05, 0) is 38.3 Å². The fourth-order valence-corrected chi connectivity index (χ4v) is 3.60. The molecule has 7 nitrogen and oxygen atoms in total. The molecular weight excluding hydrogens is 503 g/mol. The zero-order valence-corrected chi connectivity index (χ0v) is 21.5. The molecule has 0 radical (unpaired) electrons. The van der Waals surface area contributed by atoms with E-state index < -0.39 is 10.0 Å². The fraction of sp³-hybridized carbons (Fsp3) is 0.650. The maximum atomic E-state index is 11.6. The maximum absolute atomic E-state index is 11.6. The first-order valence-corrected chi connectivity index (χ1v) is 11.9. The molecule has 0 aliphatic carbocycles. The van der Waals surface area contributed by atoms with Crippen LogP contribution in [0.5, 0.6) is 5.75 Å². The highest BCUT2D eigenvalue weighted by Gasteiger charge is 2.13. The highest BCUT2D eigenvalue weighted by atomic mass is 127. The van der Waals surface area contributed by atoms with Crippen LogP contribution in [0.1, 0.15) is 44.7 Å². The second-order valence-electron chi connectivity index (χ2n) is 6.69. The Morgan fingerprint density at radius 3 is 2.52 bits per heavy atom. The Hall–Kier alpha value is -1.07. The van der Waals surface area contributed by atoms with Crippen LogP contribution in [0.4, 0.5) is 0 Å². The lowest BCUT2D eigenvalue weighted by molar-refractivity contribution is 0.314. The topological polar surface area (TPSA) is 83.0 Å². The summed E-state index contributed by atoms with van der Waals surface area (Å²) in [4.78, 5) is 4.65. The van der Waals surface area contributed by atoms with E-state index >= 15 is 0 Å². The van der Waals surface area contributed by atoms with E-state index in [1.54, 1.807) is 0 Å². The molecule has 0 heterocycles. The third kappa shape index (κ3) is 11.0. The smallest absolute Gasteiger partial charge is 0.211 e. The molecule has 0 aliphatic rings. The number of halogens is 1. The number of nitrogens with zero attached hydrogens (tertiary/aromatic N) is 2. The lowest BCUT2D eigenvalue weighted by Crippen LogP contribution is -2.39. The summed E-state index contributed by atoms with van der Waals surface area (Å²) in [6.45, 7) is 11.6. The SMILES string of the molecule is CCCOc1cc(C)ccc1CN=C(NCC)NCCCN(CC)S(C)(=O)=O.I. The third-order valence-corrected chi connectivity index (χ3v) is 5.51. The van der Waals surface area contributed by atoms with E-state index in [0.717, 1.165) is 29.8 Å². The van der Waals surface area contributed by atoms with Crippen LogP contribution < -0.4 is 15.4 Å². The largest absolute Gasteiger partial charge is 0.493 e. The van der Waals surface area contributed by atoms with Gasteiger partial charge in [0.25, 0.3) is 0 Å². The number of hydrogen-bond acceptors (Lipinski definition) is 4. The van der Waals surface area contributed by atoms with Crippen molar-refractivity contribution in [1.29, 1.82) is 0 Å². The number of aryl methyl sites for hydroxylation is 1. The van der Waals surface area contributed by atoms with Crippen LogP contribution in [0.25, 0.3) is 0 Å². The lowest BCUT2D eigenvalue weighted by Gasteiger charge is -2.18. The van der Waals surface area contributed by atoms with Gasteiger partial charge < -0.3 is 15.4 Å². The quantitative estimate of drug-likeness (QED) is 0.184. The lowest BCUT2D eigenvalue weighted by atomic mass is 10.1. The first kappa shape index (κ1) is 27.9. The normalized spacial score (nSPS) is 11.9. The second kappa shape index (κ2) is 14.8. The highest BCUT2D eigenvalue weighted by molar-refractivity contribution is 14.0. The molecule has 0 spiro atoms. The van der Waals surface area contributed by atoms with Crippen LogP contribution in [0, 0.1) is 6.92 Å². The van der Waals surface area contributed by atoms with Gasteiger partial charge in [-0.15, -0.1) is 24.0 Å². The van der Waals surface area contributed by atoms with Crippen LogP contribution >= 0.6 is 24.0 Å². The molecule has 0 aromatic heterocycles. The zero-order chi connectivity index (χ0) is 21.0. The molecule has 0 unspecified atom stereocenters. The fourth-order valence-electron chi connectivity index (χ4n) is 2.67. The minimum absolute atomic E-state index is 0. The average Bonchev–Trinajstić information content (AvgIpc) is 2.64. The number of hydrogen-bond donors (Lipinski definition) is 2. The van der Waals surface area contributed by atoms with Gasteiger partial charge in [0.15, 0.2) is 5.96 Å². The van der Waals surface area contributed by atoms with Gasteiger partial charge in [0.05, 0.1) is 19.4 Å². The van der Waals surface area contributed by atoms with E-state index in [-0.39, 0.29) is 24.0 Å². The number of benzene rings is 1. The zero-order valence-electron chi connectivity index (χ0n) is 18.3. The number of aliphatic imine (C=N–C) groups is 1. The van der Waals surface area contributed by atoms with Crippen molar-refractivity contribution in [1.82, 2.24) is 14.9 Å². The van der Waals surface area contributed by atoms with Gasteiger partial charge in [0.2, 0.25) is 10.0 Å². The van der Waals surface area contributed by atoms with Gasteiger partial charge in [-0.1, -0.05) is 26.0 Å². The molecule has 29 heavy (non-hydrogen) atoms. The minimum atomic E-state index is -3.14. The summed E-state index contributed by atoms with van der Waals surface area (Å²) in [6.07, 6.45) is 2.92. The molecule has 168 valence electrons. The van der Waals surface area contributed by atoms with Crippen molar-refractivity contribution in [2.45, 2.75) is 47.1 Å². The summed E-state index contributed by atoms with van der Waals surface area (Å²) in [5, 5.41) is 6.50. The molecule has 0 bridgehead atoms. The summed E-state index contributed by atoms with van der Waals surface area (Å²) < 4.78 is 30.6. The van der Waals surface area contributed by atoms with Crippen molar-refractivity contribution in [3.05, 3.63) is 29.3 Å². The first-order chi connectivity index (χ1) is 13.3. The number of guanidine groups is 1. The molecule has 0 atom stereocenters. The summed E-state index contributed by atoms with van der Waals surface area (Å²) in [5.41, 5.74) is 2.21. The summed E-state index contributed by atoms with van der Waals surface area (Å²) >= 11 is 0. The van der Waals surface area contributed by atoms with Gasteiger partial charge in [-0.25, -0.2) is 17.7 Å². The molecule has 0 fully saturated rings. The Morgan fingerprint density at radius 1 is 1.21 bits per heavy atom. The van der Waals surface area contributed by atoms with Gasteiger partial charge in [-0.2, -0.15) is 0 Å². The summed E-state index contributed by atoms with van der Waals surface area (Å²) in [5.74, 6) is 1.60. The molecule has 1 aromatic carbocycles. The second-order valence-corrected chi connectivity index (χ2v) is 8.67. The average molecular weight is 541 g/mol. The molecule has 9 heteroatoms. The van der Waals surface area contributed by atoms with E-state index in [1.165, 1.54) is 10.6 Å². The summed E-state index contributed by atoms with van der Waals surface area (Å²) in [7, 11) is -3.14. The Balaban J connectivity index is 0.00000784. The molecule has 0 aliphatic heterocycles. The Labute approximate surface area is 193 Å². The van der Waals surface area contributed by atoms with Crippen molar-refractivity contribution >= 4 is 40.0 Å². The number of ether oxygens (including phenoxy) is 1. The van der Waals surface area contributed by atoms with Crippen molar-refractivity contribution in [3.63, 3.8) is 0 Å². The van der Waals surface area contributed by atoms with Crippen LogP contribution in [-0.2, 0) is 16.6 Å². The van der Waals surface area contributed by atoms with Crippen LogP contribution in [0.2, 0.25) is 0 Å². The van der Waals surface area contributed by atoms with E-state index in [4.69, 9.17) is 4.74 Å². The van der Waals surface area contributed by atoms with Gasteiger partial charge >= 0.3 is 0 Å². The van der Waals surface area contributed by atoms with Crippen LogP contribution in [0.3, 0.4) is 0 Å². The molecule has 0 saturated heterocycles. The predicted octanol–water partition coefficient (Wildman–Crippen LogP) is 3.13. The highest BCUT2D eigenvalue weighted by Crippen LogP contribution is 2.21. The molecule has 1 rings (SSSR count). The number of nitrogens with one attached hydrogen (secondary N) is 2. The van der Waals surface area contributed by atoms with Gasteiger partial charge in [0.1, 0.15) is 5.75 Å². The number of rotatable bonds is 12. The Bertz CT molecular complexity index is 726. The van der Waals surface area contributed by atoms with E-state index in [0.29, 0.717) is 45.2 Å². The van der Waals surface area contributed by atoms with Crippen molar-refractivity contribution in [3.8, 4) is 5.75 Å². The van der Waals surface area contributed by atoms with Crippen LogP contribution in [0.15, 0.2) is 23.2 Å². The van der Waals surface area contributed by atoms with Crippen molar-refractivity contribution in [2.75, 3.05) is 39.0 Å². The maximum Gasteiger partial charge on any atom is 0.211 e. The van der Waals surface area contributed by atoms with Crippen LogP contribution in [-0.4, -0.2) is 57.7 Å². The monoisotopic (exact) mass is 540 g/mol. The van der Waals surface area contributed by atoms with Gasteiger partial charge in [0, 0.05) is 31.7 Å².